The normalized spacial score (nSPS) is 14.5. The van der Waals surface area contributed by atoms with Crippen LogP contribution in [0.3, 0.4) is 0 Å². The molecule has 2 heterocycles. The van der Waals surface area contributed by atoms with Crippen LogP contribution in [0.15, 0.2) is 33.8 Å². The van der Waals surface area contributed by atoms with E-state index in [0.29, 0.717) is 11.1 Å². The average molecular weight is 316 g/mol. The highest BCUT2D eigenvalue weighted by molar-refractivity contribution is 8.00. The van der Waals surface area contributed by atoms with Gasteiger partial charge in [-0.3, -0.25) is 0 Å². The standard InChI is InChI=1S/C13H12N6S2/c1-8-2-6-10(7-3-8)19-12(15-17-18-19)20-13-14-11(16-21-13)9-4-5-9/h2-3,6-7,9H,4-5H2,1H3. The van der Waals surface area contributed by atoms with Gasteiger partial charge in [0, 0.05) is 5.92 Å². The van der Waals surface area contributed by atoms with Gasteiger partial charge in [-0.05, 0) is 65.6 Å². The first-order valence-electron chi connectivity index (χ1n) is 6.66. The van der Waals surface area contributed by atoms with Gasteiger partial charge in [0.2, 0.25) is 5.16 Å². The van der Waals surface area contributed by atoms with Gasteiger partial charge >= 0.3 is 0 Å². The van der Waals surface area contributed by atoms with Crippen LogP contribution in [0.25, 0.3) is 5.69 Å². The molecule has 106 valence electrons. The lowest BCUT2D eigenvalue weighted by Crippen LogP contribution is -1.98. The first kappa shape index (κ1) is 12.9. The molecule has 6 nitrogen and oxygen atoms in total. The molecule has 1 saturated carbocycles. The lowest BCUT2D eigenvalue weighted by molar-refractivity contribution is 0.756. The van der Waals surface area contributed by atoms with E-state index < -0.39 is 0 Å². The monoisotopic (exact) mass is 316 g/mol. The molecule has 0 amide bonds. The minimum absolute atomic E-state index is 0.573. The van der Waals surface area contributed by atoms with Crippen LogP contribution in [0.2, 0.25) is 0 Å². The molecule has 0 saturated heterocycles. The van der Waals surface area contributed by atoms with Gasteiger partial charge in [-0.25, -0.2) is 4.98 Å². The van der Waals surface area contributed by atoms with E-state index in [9.17, 15) is 0 Å². The molecular weight excluding hydrogens is 304 g/mol. The molecule has 0 atom stereocenters. The zero-order valence-electron chi connectivity index (χ0n) is 11.3. The Kier molecular flexibility index (Phi) is 3.19. The molecule has 3 aromatic rings. The van der Waals surface area contributed by atoms with E-state index in [1.807, 2.05) is 24.3 Å². The van der Waals surface area contributed by atoms with Crippen molar-refractivity contribution in [2.75, 3.05) is 0 Å². The number of tetrazole rings is 1. The molecule has 0 aliphatic heterocycles. The molecule has 0 radical (unpaired) electrons. The van der Waals surface area contributed by atoms with Gasteiger partial charge in [-0.2, -0.15) is 9.06 Å². The number of hydrogen-bond acceptors (Lipinski definition) is 7. The fourth-order valence-electron chi connectivity index (χ4n) is 1.94. The Bertz CT molecular complexity index is 759. The van der Waals surface area contributed by atoms with Gasteiger partial charge in [0.15, 0.2) is 4.34 Å². The van der Waals surface area contributed by atoms with E-state index in [0.717, 1.165) is 15.9 Å². The van der Waals surface area contributed by atoms with Gasteiger partial charge < -0.3 is 0 Å². The third-order valence-electron chi connectivity index (χ3n) is 3.26. The second kappa shape index (κ2) is 5.19. The molecule has 8 heteroatoms. The summed E-state index contributed by atoms with van der Waals surface area (Å²) in [6.45, 7) is 2.06. The van der Waals surface area contributed by atoms with E-state index in [2.05, 4.69) is 31.8 Å². The van der Waals surface area contributed by atoms with Crippen molar-refractivity contribution >= 4 is 23.3 Å². The third kappa shape index (κ3) is 2.68. The Balaban J connectivity index is 1.60. The predicted molar refractivity (Wildman–Crippen MR) is 79.9 cm³/mol. The third-order valence-corrected chi connectivity index (χ3v) is 4.97. The van der Waals surface area contributed by atoms with Crippen LogP contribution in [0.4, 0.5) is 0 Å². The van der Waals surface area contributed by atoms with Crippen molar-refractivity contribution in [3.63, 3.8) is 0 Å². The maximum atomic E-state index is 4.56. The Labute approximate surface area is 129 Å². The molecular formula is C13H12N6S2. The summed E-state index contributed by atoms with van der Waals surface area (Å²) in [6.07, 6.45) is 2.42. The summed E-state index contributed by atoms with van der Waals surface area (Å²) in [5.74, 6) is 1.54. The van der Waals surface area contributed by atoms with Gasteiger partial charge in [-0.1, -0.05) is 17.7 Å². The Morgan fingerprint density at radius 2 is 2.05 bits per heavy atom. The fourth-order valence-corrected chi connectivity index (χ4v) is 3.52. The number of aromatic nitrogens is 6. The predicted octanol–water partition coefficient (Wildman–Crippen LogP) is 2.85. The van der Waals surface area contributed by atoms with Crippen LogP contribution in [0.1, 0.15) is 30.1 Å². The van der Waals surface area contributed by atoms with Crippen LogP contribution < -0.4 is 0 Å². The van der Waals surface area contributed by atoms with Crippen molar-refractivity contribution in [1.82, 2.24) is 29.6 Å². The molecule has 1 aromatic carbocycles. The van der Waals surface area contributed by atoms with Crippen LogP contribution >= 0.6 is 23.3 Å². The maximum absolute atomic E-state index is 4.56. The first-order chi connectivity index (χ1) is 10.3. The van der Waals surface area contributed by atoms with Crippen molar-refractivity contribution in [2.45, 2.75) is 35.2 Å². The van der Waals surface area contributed by atoms with E-state index in [1.54, 1.807) is 4.68 Å². The van der Waals surface area contributed by atoms with Gasteiger partial charge in [0.25, 0.3) is 0 Å². The molecule has 0 N–H and O–H groups in total. The van der Waals surface area contributed by atoms with E-state index >= 15 is 0 Å². The van der Waals surface area contributed by atoms with E-state index in [-0.39, 0.29) is 0 Å². The summed E-state index contributed by atoms with van der Waals surface area (Å²) in [6, 6.07) is 8.10. The van der Waals surface area contributed by atoms with E-state index in [4.69, 9.17) is 0 Å². The summed E-state index contributed by atoms with van der Waals surface area (Å²) in [5.41, 5.74) is 2.15. The fraction of sp³-hybridized carbons (Fsp3) is 0.308. The zero-order valence-corrected chi connectivity index (χ0v) is 12.9. The summed E-state index contributed by atoms with van der Waals surface area (Å²) < 4.78 is 7.02. The smallest absolute Gasteiger partial charge is 0.212 e. The molecule has 1 fully saturated rings. The lowest BCUT2D eigenvalue weighted by atomic mass is 10.2. The van der Waals surface area contributed by atoms with Crippen LogP contribution in [0.5, 0.6) is 0 Å². The number of nitrogens with zero attached hydrogens (tertiary/aromatic N) is 6. The van der Waals surface area contributed by atoms with Gasteiger partial charge in [0.1, 0.15) is 5.82 Å². The van der Waals surface area contributed by atoms with Crippen LogP contribution in [-0.4, -0.2) is 29.6 Å². The zero-order chi connectivity index (χ0) is 14.2. The number of aryl methyl sites for hydroxylation is 1. The van der Waals surface area contributed by atoms with Crippen molar-refractivity contribution in [1.29, 1.82) is 0 Å². The molecule has 0 bridgehead atoms. The second-order valence-corrected chi connectivity index (χ2v) is 6.97. The molecule has 2 aromatic heterocycles. The first-order valence-corrected chi connectivity index (χ1v) is 8.25. The highest BCUT2D eigenvalue weighted by Gasteiger charge is 2.28. The summed E-state index contributed by atoms with van der Waals surface area (Å²) in [5, 5.41) is 12.6. The number of benzene rings is 1. The number of hydrogen-bond donors (Lipinski definition) is 0. The van der Waals surface area contributed by atoms with Crippen LogP contribution in [-0.2, 0) is 0 Å². The van der Waals surface area contributed by atoms with Crippen LogP contribution in [0, 0.1) is 6.92 Å². The highest BCUT2D eigenvalue weighted by Crippen LogP contribution is 2.40. The second-order valence-electron chi connectivity index (χ2n) is 5.00. The number of rotatable bonds is 4. The highest BCUT2D eigenvalue weighted by atomic mass is 32.2. The quantitative estimate of drug-likeness (QED) is 0.737. The Morgan fingerprint density at radius 3 is 2.81 bits per heavy atom. The summed E-state index contributed by atoms with van der Waals surface area (Å²) in [4.78, 5) is 4.56. The van der Waals surface area contributed by atoms with Crippen molar-refractivity contribution < 1.29 is 0 Å². The Morgan fingerprint density at radius 1 is 1.24 bits per heavy atom. The summed E-state index contributed by atoms with van der Waals surface area (Å²) >= 11 is 2.87. The largest absolute Gasteiger partial charge is 0.221 e. The minimum Gasteiger partial charge on any atom is -0.212 e. The summed E-state index contributed by atoms with van der Waals surface area (Å²) in [7, 11) is 0. The Hall–Kier alpha value is -1.80. The molecule has 1 aliphatic rings. The minimum atomic E-state index is 0.573. The lowest BCUT2D eigenvalue weighted by Gasteiger charge is -2.02. The van der Waals surface area contributed by atoms with Crippen molar-refractivity contribution in [2.24, 2.45) is 0 Å². The maximum Gasteiger partial charge on any atom is 0.221 e. The van der Waals surface area contributed by atoms with Gasteiger partial charge in [0.05, 0.1) is 5.69 Å². The molecule has 0 unspecified atom stereocenters. The molecule has 4 rings (SSSR count). The van der Waals surface area contributed by atoms with Crippen molar-refractivity contribution in [3.05, 3.63) is 35.7 Å². The topological polar surface area (TPSA) is 69.4 Å². The molecule has 1 aliphatic carbocycles. The molecule has 0 spiro atoms. The van der Waals surface area contributed by atoms with Gasteiger partial charge in [-0.15, -0.1) is 5.10 Å². The molecule has 21 heavy (non-hydrogen) atoms. The van der Waals surface area contributed by atoms with Crippen molar-refractivity contribution in [3.8, 4) is 5.69 Å². The van der Waals surface area contributed by atoms with E-state index in [1.165, 1.54) is 41.7 Å². The average Bonchev–Trinajstić information content (AvgIpc) is 3.07. The SMILES string of the molecule is Cc1ccc(-n2nnnc2Sc2nc(C3CC3)ns2)cc1.